The molecule has 17 heavy (non-hydrogen) atoms. The van der Waals surface area contributed by atoms with Crippen LogP contribution in [0.4, 0.5) is 5.69 Å². The number of ether oxygens (including phenoxy) is 1. The number of pyridine rings is 1. The van der Waals surface area contributed by atoms with Crippen LogP contribution in [0.2, 0.25) is 0 Å². The van der Waals surface area contributed by atoms with Gasteiger partial charge in [0.1, 0.15) is 12.8 Å². The number of rotatable bonds is 5. The van der Waals surface area contributed by atoms with Crippen molar-refractivity contribution in [2.24, 2.45) is 5.73 Å². The Hall–Kier alpha value is -1.69. The molecule has 1 rings (SSSR count). The minimum absolute atomic E-state index is 0.0108. The van der Waals surface area contributed by atoms with E-state index in [1.165, 1.54) is 6.20 Å². The lowest BCUT2D eigenvalue weighted by atomic mass is 10.0. The van der Waals surface area contributed by atoms with Gasteiger partial charge in [0, 0.05) is 17.2 Å². The fraction of sp³-hybridized carbons (Fsp3) is 0.545. The first-order valence-electron chi connectivity index (χ1n) is 5.38. The van der Waals surface area contributed by atoms with Crippen molar-refractivity contribution >= 4 is 5.69 Å². The number of aromatic nitrogens is 1. The third-order valence-corrected chi connectivity index (χ3v) is 2.61. The van der Waals surface area contributed by atoms with Crippen molar-refractivity contribution < 1.29 is 9.66 Å². The lowest BCUT2D eigenvalue weighted by molar-refractivity contribution is -0.385. The zero-order valence-electron chi connectivity index (χ0n) is 10.3. The van der Waals surface area contributed by atoms with Crippen molar-refractivity contribution in [1.29, 1.82) is 0 Å². The van der Waals surface area contributed by atoms with E-state index in [9.17, 15) is 10.1 Å². The molecule has 6 nitrogen and oxygen atoms in total. The van der Waals surface area contributed by atoms with Crippen molar-refractivity contribution in [2.75, 3.05) is 6.61 Å². The summed E-state index contributed by atoms with van der Waals surface area (Å²) in [5.41, 5.74) is 6.01. The Kier molecular flexibility index (Phi) is 4.01. The molecule has 1 heterocycles. The van der Waals surface area contributed by atoms with Gasteiger partial charge in [0.25, 0.3) is 5.69 Å². The van der Waals surface area contributed by atoms with Crippen LogP contribution in [-0.4, -0.2) is 22.1 Å². The highest BCUT2D eigenvalue weighted by Crippen LogP contribution is 2.20. The average molecular weight is 239 g/mol. The van der Waals surface area contributed by atoms with Gasteiger partial charge in [-0.3, -0.25) is 10.1 Å². The van der Waals surface area contributed by atoms with E-state index in [2.05, 4.69) is 4.98 Å². The van der Waals surface area contributed by atoms with Crippen LogP contribution in [0.25, 0.3) is 0 Å². The predicted molar refractivity (Wildman–Crippen MR) is 64.0 cm³/mol. The normalized spacial score (nSPS) is 14.1. The van der Waals surface area contributed by atoms with Gasteiger partial charge in [-0.05, 0) is 20.3 Å². The summed E-state index contributed by atoms with van der Waals surface area (Å²) in [6.45, 7) is 5.82. The second-order valence-corrected chi connectivity index (χ2v) is 4.36. The van der Waals surface area contributed by atoms with E-state index in [0.29, 0.717) is 18.1 Å². The Morgan fingerprint density at radius 2 is 2.29 bits per heavy atom. The van der Waals surface area contributed by atoms with Gasteiger partial charge >= 0.3 is 0 Å². The molecule has 0 fully saturated rings. The van der Waals surface area contributed by atoms with E-state index >= 15 is 0 Å². The first-order chi connectivity index (χ1) is 7.85. The Labute approximate surface area is 99.9 Å². The number of nitrogens with two attached hydrogens (primary N) is 1. The van der Waals surface area contributed by atoms with Crippen molar-refractivity contribution in [1.82, 2.24) is 4.98 Å². The summed E-state index contributed by atoms with van der Waals surface area (Å²) in [4.78, 5) is 14.0. The molecule has 0 saturated heterocycles. The number of hydrogen-bond donors (Lipinski definition) is 1. The average Bonchev–Trinajstić information content (AvgIpc) is 2.26. The van der Waals surface area contributed by atoms with Gasteiger partial charge in [-0.15, -0.1) is 0 Å². The van der Waals surface area contributed by atoms with Crippen molar-refractivity contribution in [3.63, 3.8) is 0 Å². The monoisotopic (exact) mass is 239 g/mol. The molecule has 0 aliphatic heterocycles. The highest BCUT2D eigenvalue weighted by molar-refractivity contribution is 5.39. The zero-order chi connectivity index (χ0) is 13.1. The van der Waals surface area contributed by atoms with Crippen LogP contribution in [0.1, 0.15) is 25.8 Å². The van der Waals surface area contributed by atoms with E-state index < -0.39 is 10.5 Å². The topological polar surface area (TPSA) is 91.3 Å². The summed E-state index contributed by atoms with van der Waals surface area (Å²) in [7, 11) is 0. The second kappa shape index (κ2) is 5.09. The molecule has 0 aromatic carbocycles. The molecule has 1 atom stereocenters. The fourth-order valence-corrected chi connectivity index (χ4v) is 1.13. The van der Waals surface area contributed by atoms with Crippen molar-refractivity contribution in [2.45, 2.75) is 32.7 Å². The Bertz CT molecular complexity index is 418. The Morgan fingerprint density at radius 1 is 1.65 bits per heavy atom. The van der Waals surface area contributed by atoms with Gasteiger partial charge in [0.15, 0.2) is 0 Å². The molecule has 0 amide bonds. The van der Waals surface area contributed by atoms with Crippen molar-refractivity contribution in [3.8, 4) is 5.88 Å². The van der Waals surface area contributed by atoms with E-state index in [4.69, 9.17) is 10.5 Å². The number of nitro groups is 1. The number of nitrogens with zero attached hydrogens (tertiary/aromatic N) is 2. The maximum atomic E-state index is 10.6. The smallest absolute Gasteiger partial charge is 0.290 e. The molecule has 94 valence electrons. The van der Waals surface area contributed by atoms with Crippen LogP contribution in [0.5, 0.6) is 5.88 Å². The van der Waals surface area contributed by atoms with E-state index in [-0.39, 0.29) is 5.69 Å². The molecular weight excluding hydrogens is 222 g/mol. The molecule has 1 aromatic heterocycles. The van der Waals surface area contributed by atoms with E-state index in [1.54, 1.807) is 13.0 Å². The molecule has 0 aliphatic rings. The van der Waals surface area contributed by atoms with Crippen LogP contribution in [0, 0.1) is 17.0 Å². The predicted octanol–water partition coefficient (Wildman–Crippen LogP) is 1.80. The molecule has 0 aliphatic carbocycles. The maximum absolute atomic E-state index is 10.6. The lowest BCUT2D eigenvalue weighted by Crippen LogP contribution is -2.41. The quantitative estimate of drug-likeness (QED) is 0.625. The number of hydrogen-bond acceptors (Lipinski definition) is 5. The summed E-state index contributed by atoms with van der Waals surface area (Å²) in [5.74, 6) is 0.359. The zero-order valence-corrected chi connectivity index (χ0v) is 10.3. The third kappa shape index (κ3) is 3.67. The molecular formula is C11H17N3O3. The lowest BCUT2D eigenvalue weighted by Gasteiger charge is -2.22. The highest BCUT2D eigenvalue weighted by Gasteiger charge is 2.18. The second-order valence-electron chi connectivity index (χ2n) is 4.36. The SMILES string of the molecule is CCC(C)(N)COc1cc(C)c([N+](=O)[O-])cn1. The standard InChI is InChI=1S/C11H17N3O3/c1-4-11(3,12)7-17-10-5-8(2)9(6-13-10)14(15)16/h5-6H,4,7,12H2,1-3H3. The highest BCUT2D eigenvalue weighted by atomic mass is 16.6. The first-order valence-corrected chi connectivity index (χ1v) is 5.38. The molecule has 2 N–H and O–H groups in total. The van der Waals surface area contributed by atoms with Crippen LogP contribution < -0.4 is 10.5 Å². The van der Waals surface area contributed by atoms with Gasteiger partial charge in [0.05, 0.1) is 4.92 Å². The van der Waals surface area contributed by atoms with Crippen LogP contribution in [-0.2, 0) is 0 Å². The van der Waals surface area contributed by atoms with Crippen molar-refractivity contribution in [3.05, 3.63) is 27.9 Å². The van der Waals surface area contributed by atoms with Gasteiger partial charge < -0.3 is 10.5 Å². The van der Waals surface area contributed by atoms with Crippen LogP contribution in [0.15, 0.2) is 12.3 Å². The molecule has 0 saturated carbocycles. The van der Waals surface area contributed by atoms with Crippen LogP contribution >= 0.6 is 0 Å². The summed E-state index contributed by atoms with van der Waals surface area (Å²) < 4.78 is 5.42. The minimum atomic E-state index is -0.467. The molecule has 6 heteroatoms. The molecule has 1 unspecified atom stereocenters. The Morgan fingerprint density at radius 3 is 2.76 bits per heavy atom. The molecule has 0 bridgehead atoms. The summed E-state index contributed by atoms with van der Waals surface area (Å²) in [6.07, 6.45) is 1.98. The largest absolute Gasteiger partial charge is 0.476 e. The van der Waals surface area contributed by atoms with Gasteiger partial charge in [-0.2, -0.15) is 0 Å². The van der Waals surface area contributed by atoms with Gasteiger partial charge in [-0.25, -0.2) is 4.98 Å². The summed E-state index contributed by atoms with van der Waals surface area (Å²) in [5, 5.41) is 10.6. The molecule has 0 spiro atoms. The Balaban J connectivity index is 2.75. The van der Waals surface area contributed by atoms with Gasteiger partial charge in [0.2, 0.25) is 5.88 Å². The maximum Gasteiger partial charge on any atom is 0.290 e. The van der Waals surface area contributed by atoms with Crippen LogP contribution in [0.3, 0.4) is 0 Å². The van der Waals surface area contributed by atoms with E-state index in [1.807, 2.05) is 13.8 Å². The fourth-order valence-electron chi connectivity index (χ4n) is 1.13. The van der Waals surface area contributed by atoms with E-state index in [0.717, 1.165) is 6.42 Å². The first kappa shape index (κ1) is 13.4. The number of aryl methyl sites for hydroxylation is 1. The molecule has 1 aromatic rings. The summed E-state index contributed by atoms with van der Waals surface area (Å²) in [6, 6.07) is 1.55. The minimum Gasteiger partial charge on any atom is -0.476 e. The van der Waals surface area contributed by atoms with Gasteiger partial charge in [-0.1, -0.05) is 6.92 Å². The molecule has 0 radical (unpaired) electrons. The third-order valence-electron chi connectivity index (χ3n) is 2.61. The summed E-state index contributed by atoms with van der Waals surface area (Å²) >= 11 is 0.